The number of benzene rings is 1. The first-order valence-corrected chi connectivity index (χ1v) is 14.5. The lowest BCUT2D eigenvalue weighted by molar-refractivity contribution is 0.0950. The van der Waals surface area contributed by atoms with Crippen LogP contribution in [0.15, 0.2) is 65.7 Å². The summed E-state index contributed by atoms with van der Waals surface area (Å²) >= 11 is 0. The average molecular weight is 547 g/mol. The monoisotopic (exact) mass is 546 g/mol. The topological polar surface area (TPSA) is 137 Å². The lowest BCUT2D eigenvalue weighted by Crippen LogP contribution is -2.52. The van der Waals surface area contributed by atoms with Crippen LogP contribution in [0.25, 0.3) is 22.3 Å². The van der Waals surface area contributed by atoms with Crippen molar-refractivity contribution in [2.45, 2.75) is 24.4 Å². The number of carbonyl (C=O) groups excluding carboxylic acids is 1. The Bertz CT molecular complexity index is 1640. The van der Waals surface area contributed by atoms with Gasteiger partial charge in [0.2, 0.25) is 0 Å². The van der Waals surface area contributed by atoms with Gasteiger partial charge in [0.05, 0.1) is 40.6 Å². The van der Waals surface area contributed by atoms with E-state index in [0.717, 1.165) is 41.8 Å². The summed E-state index contributed by atoms with van der Waals surface area (Å²) in [5, 5.41) is 16.5. The second-order valence-corrected chi connectivity index (χ2v) is 11.6. The molecule has 3 aromatic heterocycles. The molecule has 39 heavy (non-hydrogen) atoms. The molecule has 1 fully saturated rings. The van der Waals surface area contributed by atoms with E-state index in [2.05, 4.69) is 20.5 Å². The highest BCUT2D eigenvalue weighted by atomic mass is 32.2. The van der Waals surface area contributed by atoms with Crippen molar-refractivity contribution in [1.82, 2.24) is 25.6 Å². The molecular formula is C28H30N6O4S. The number of hydrogen-bond acceptors (Lipinski definition) is 9. The number of aryl methyl sites for hydroxylation is 1. The standard InChI is InChI=1S/C28H30N6O4S/c1-18-6-7-19(12-26(18)39(2,37)38)28(36)31-15-21-13-25-20(14-30-21)8-9-24(32-25)23-4-3-5-27(33-23)34-11-10-29-22(16-34)17-35/h3-9,12-14,22,29,35H,10-11,15-17H2,1-2H3,(H,31,36)/t22-/m1/s1. The third-order valence-corrected chi connectivity index (χ3v) is 7.95. The van der Waals surface area contributed by atoms with Crippen molar-refractivity contribution in [1.29, 1.82) is 0 Å². The Labute approximate surface area is 227 Å². The second kappa shape index (κ2) is 11.0. The van der Waals surface area contributed by atoms with E-state index in [9.17, 15) is 18.3 Å². The number of rotatable bonds is 7. The van der Waals surface area contributed by atoms with Gasteiger partial charge < -0.3 is 20.6 Å². The number of sulfone groups is 1. The van der Waals surface area contributed by atoms with Crippen LogP contribution in [0.4, 0.5) is 5.82 Å². The highest BCUT2D eigenvalue weighted by Gasteiger charge is 2.20. The van der Waals surface area contributed by atoms with Crippen molar-refractivity contribution < 1.29 is 18.3 Å². The Kier molecular flexibility index (Phi) is 7.56. The molecule has 1 saturated heterocycles. The van der Waals surface area contributed by atoms with Crippen molar-refractivity contribution >= 4 is 32.5 Å². The Hall–Kier alpha value is -3.93. The Morgan fingerprint density at radius 2 is 1.95 bits per heavy atom. The predicted octanol–water partition coefficient (Wildman–Crippen LogP) is 2.10. The van der Waals surface area contributed by atoms with E-state index in [1.807, 2.05) is 36.4 Å². The summed E-state index contributed by atoms with van der Waals surface area (Å²) in [7, 11) is -3.44. The van der Waals surface area contributed by atoms with Gasteiger partial charge in [0.15, 0.2) is 9.84 Å². The highest BCUT2D eigenvalue weighted by molar-refractivity contribution is 7.90. The van der Waals surface area contributed by atoms with Crippen LogP contribution < -0.4 is 15.5 Å². The van der Waals surface area contributed by atoms with E-state index < -0.39 is 9.84 Å². The molecule has 0 bridgehead atoms. The number of piperazine rings is 1. The van der Waals surface area contributed by atoms with Gasteiger partial charge in [-0.05, 0) is 55.0 Å². The van der Waals surface area contributed by atoms with Crippen molar-refractivity contribution in [3.63, 3.8) is 0 Å². The summed E-state index contributed by atoms with van der Waals surface area (Å²) in [5.41, 5.74) is 3.65. The molecule has 1 atom stereocenters. The smallest absolute Gasteiger partial charge is 0.251 e. The Balaban J connectivity index is 1.33. The minimum Gasteiger partial charge on any atom is -0.395 e. The number of aliphatic hydroxyl groups is 1. The SMILES string of the molecule is Cc1ccc(C(=O)NCc2cc3nc(-c4cccc(N5CCN[C@@H](CO)C5)n4)ccc3cn2)cc1S(C)(=O)=O. The molecule has 10 nitrogen and oxygen atoms in total. The van der Waals surface area contributed by atoms with E-state index in [1.54, 1.807) is 25.3 Å². The minimum absolute atomic E-state index is 0.0159. The summed E-state index contributed by atoms with van der Waals surface area (Å²) in [6.07, 6.45) is 2.83. The van der Waals surface area contributed by atoms with Crippen LogP contribution in [0.5, 0.6) is 0 Å². The number of aromatic nitrogens is 3. The fourth-order valence-electron chi connectivity index (χ4n) is 4.61. The molecule has 0 unspecified atom stereocenters. The van der Waals surface area contributed by atoms with E-state index in [1.165, 1.54) is 6.07 Å². The highest BCUT2D eigenvalue weighted by Crippen LogP contribution is 2.23. The molecule has 3 N–H and O–H groups in total. The normalized spacial score (nSPS) is 15.9. The molecule has 0 spiro atoms. The van der Waals surface area contributed by atoms with E-state index in [0.29, 0.717) is 23.5 Å². The third kappa shape index (κ3) is 6.06. The van der Waals surface area contributed by atoms with Crippen LogP contribution in [-0.4, -0.2) is 72.9 Å². The van der Waals surface area contributed by atoms with Crippen molar-refractivity contribution in [2.24, 2.45) is 0 Å². The van der Waals surface area contributed by atoms with Crippen LogP contribution in [-0.2, 0) is 16.4 Å². The van der Waals surface area contributed by atoms with Gasteiger partial charge in [-0.25, -0.2) is 18.4 Å². The third-order valence-electron chi connectivity index (χ3n) is 6.71. The minimum atomic E-state index is -3.44. The molecule has 5 rings (SSSR count). The van der Waals surface area contributed by atoms with E-state index in [-0.39, 0.29) is 35.6 Å². The van der Waals surface area contributed by atoms with E-state index in [4.69, 9.17) is 9.97 Å². The molecule has 0 aliphatic carbocycles. The molecule has 1 aliphatic heterocycles. The Morgan fingerprint density at radius 1 is 1.13 bits per heavy atom. The molecule has 1 aliphatic rings. The number of nitrogens with one attached hydrogen (secondary N) is 2. The van der Waals surface area contributed by atoms with Crippen LogP contribution >= 0.6 is 0 Å². The van der Waals surface area contributed by atoms with Gasteiger partial charge in [0.1, 0.15) is 5.82 Å². The number of carbonyl (C=O) groups is 1. The molecule has 1 aromatic carbocycles. The quantitative estimate of drug-likeness (QED) is 0.318. The number of nitrogens with zero attached hydrogens (tertiary/aromatic N) is 4. The molecule has 11 heteroatoms. The molecule has 0 saturated carbocycles. The fraction of sp³-hybridized carbons (Fsp3) is 0.286. The van der Waals surface area contributed by atoms with Gasteiger partial charge in [-0.3, -0.25) is 9.78 Å². The number of anilines is 1. The fourth-order valence-corrected chi connectivity index (χ4v) is 5.60. The van der Waals surface area contributed by atoms with Gasteiger partial charge in [-0.15, -0.1) is 0 Å². The molecule has 202 valence electrons. The Morgan fingerprint density at radius 3 is 2.74 bits per heavy atom. The summed E-state index contributed by atoms with van der Waals surface area (Å²) in [6, 6.07) is 16.1. The number of amides is 1. The van der Waals surface area contributed by atoms with Crippen LogP contribution in [0.1, 0.15) is 21.6 Å². The van der Waals surface area contributed by atoms with E-state index >= 15 is 0 Å². The first-order valence-electron chi connectivity index (χ1n) is 12.6. The van der Waals surface area contributed by atoms with Crippen LogP contribution in [0.3, 0.4) is 0 Å². The average Bonchev–Trinajstić information content (AvgIpc) is 2.95. The molecule has 0 radical (unpaired) electrons. The summed E-state index contributed by atoms with van der Waals surface area (Å²) < 4.78 is 24.0. The first kappa shape index (κ1) is 26.7. The van der Waals surface area contributed by atoms with Gasteiger partial charge in [-0.1, -0.05) is 12.1 Å². The zero-order valence-electron chi connectivity index (χ0n) is 21.8. The lowest BCUT2D eigenvalue weighted by atomic mass is 10.1. The maximum absolute atomic E-state index is 12.7. The van der Waals surface area contributed by atoms with Crippen LogP contribution in [0, 0.1) is 6.92 Å². The summed E-state index contributed by atoms with van der Waals surface area (Å²) in [6.45, 7) is 4.19. The van der Waals surface area contributed by atoms with Crippen LogP contribution in [0.2, 0.25) is 0 Å². The molecular weight excluding hydrogens is 516 g/mol. The molecule has 4 aromatic rings. The zero-order valence-corrected chi connectivity index (χ0v) is 22.6. The zero-order chi connectivity index (χ0) is 27.6. The largest absolute Gasteiger partial charge is 0.395 e. The molecule has 4 heterocycles. The summed E-state index contributed by atoms with van der Waals surface area (Å²) in [5.74, 6) is 0.448. The maximum Gasteiger partial charge on any atom is 0.251 e. The van der Waals surface area contributed by atoms with Gasteiger partial charge in [-0.2, -0.15) is 0 Å². The van der Waals surface area contributed by atoms with Gasteiger partial charge in [0, 0.05) is 49.1 Å². The number of fused-ring (bicyclic) bond motifs is 1. The maximum atomic E-state index is 12.7. The summed E-state index contributed by atoms with van der Waals surface area (Å²) in [4.78, 5) is 29.1. The number of pyridine rings is 3. The van der Waals surface area contributed by atoms with Crippen molar-refractivity contribution in [3.8, 4) is 11.4 Å². The first-order chi connectivity index (χ1) is 18.7. The second-order valence-electron chi connectivity index (χ2n) is 9.66. The number of aliphatic hydroxyl groups excluding tert-OH is 1. The predicted molar refractivity (Wildman–Crippen MR) is 149 cm³/mol. The van der Waals surface area contributed by atoms with Crippen molar-refractivity contribution in [2.75, 3.05) is 37.4 Å². The number of hydrogen-bond donors (Lipinski definition) is 3. The van der Waals surface area contributed by atoms with Gasteiger partial charge >= 0.3 is 0 Å². The van der Waals surface area contributed by atoms with Gasteiger partial charge in [0.25, 0.3) is 5.91 Å². The van der Waals surface area contributed by atoms with Crippen molar-refractivity contribution in [3.05, 3.63) is 77.6 Å². The molecule has 1 amide bonds. The lowest BCUT2D eigenvalue weighted by Gasteiger charge is -2.33.